The van der Waals surface area contributed by atoms with Crippen LogP contribution in [-0.4, -0.2) is 44.1 Å². The lowest BCUT2D eigenvalue weighted by Gasteiger charge is -2.17. The molecule has 6 nitrogen and oxygen atoms in total. The summed E-state index contributed by atoms with van der Waals surface area (Å²) < 4.78 is 24.5. The number of rotatable bonds is 9. The van der Waals surface area contributed by atoms with Crippen LogP contribution in [0.3, 0.4) is 0 Å². The molecular weight excluding hydrogens is 396 g/mol. The molecule has 0 atom stereocenters. The van der Waals surface area contributed by atoms with Gasteiger partial charge in [0.25, 0.3) is 0 Å². The van der Waals surface area contributed by atoms with Crippen molar-refractivity contribution in [2.24, 2.45) is 11.8 Å². The summed E-state index contributed by atoms with van der Waals surface area (Å²) >= 11 is 1.48. The molecule has 3 N–H and O–H groups in total. The summed E-state index contributed by atoms with van der Waals surface area (Å²) in [6.45, 7) is 1.74. The Labute approximate surface area is 170 Å². The van der Waals surface area contributed by atoms with Crippen LogP contribution >= 0.6 is 11.8 Å². The van der Waals surface area contributed by atoms with Crippen molar-refractivity contribution >= 4 is 33.1 Å². The van der Waals surface area contributed by atoms with Gasteiger partial charge in [-0.1, -0.05) is 0 Å². The van der Waals surface area contributed by atoms with Crippen LogP contribution in [0.1, 0.15) is 41.6 Å². The Morgan fingerprint density at radius 1 is 1.29 bits per heavy atom. The quantitative estimate of drug-likeness (QED) is 0.185. The van der Waals surface area contributed by atoms with Gasteiger partial charge in [-0.2, -0.15) is 0 Å². The largest absolute Gasteiger partial charge is 0.494 e. The van der Waals surface area contributed by atoms with Gasteiger partial charge < -0.3 is 15.8 Å². The number of aliphatic hydroxyl groups excluding tert-OH is 1. The molecule has 0 unspecified atom stereocenters. The SMILES string of the molecule is CN/C(O)=C(\C(=N)C1CC1)C(=O)c1ccc(S(C)(=O)=O)c(SCC2CC2)c1C. The molecule has 0 spiro atoms. The number of carbonyl (C=O) groups is 1. The number of nitrogens with one attached hydrogen (secondary N) is 2. The van der Waals surface area contributed by atoms with Crippen molar-refractivity contribution in [3.05, 3.63) is 34.7 Å². The number of allylic oxidation sites excluding steroid dienone is 1. The van der Waals surface area contributed by atoms with Crippen LogP contribution in [0.4, 0.5) is 0 Å². The van der Waals surface area contributed by atoms with Crippen LogP contribution < -0.4 is 5.32 Å². The van der Waals surface area contributed by atoms with E-state index >= 15 is 0 Å². The van der Waals surface area contributed by atoms with E-state index in [1.165, 1.54) is 37.2 Å². The average molecular weight is 423 g/mol. The second kappa shape index (κ2) is 7.91. The number of sulfone groups is 1. The van der Waals surface area contributed by atoms with Crippen LogP contribution in [0.15, 0.2) is 33.4 Å². The van der Waals surface area contributed by atoms with Crippen molar-refractivity contribution in [3.8, 4) is 0 Å². The molecule has 2 aliphatic rings. The molecule has 0 aromatic heterocycles. The number of ketones is 1. The molecule has 28 heavy (non-hydrogen) atoms. The number of hydrogen-bond donors (Lipinski definition) is 3. The van der Waals surface area contributed by atoms with Crippen molar-refractivity contribution in [2.75, 3.05) is 19.1 Å². The molecule has 0 bridgehead atoms. The molecular formula is C20H26N2O4S2. The van der Waals surface area contributed by atoms with Gasteiger partial charge in [0.1, 0.15) is 5.57 Å². The zero-order valence-corrected chi connectivity index (χ0v) is 18.0. The van der Waals surface area contributed by atoms with E-state index in [0.29, 0.717) is 21.9 Å². The van der Waals surface area contributed by atoms with Crippen LogP contribution in [0.2, 0.25) is 0 Å². The lowest BCUT2D eigenvalue weighted by Crippen LogP contribution is -2.23. The lowest BCUT2D eigenvalue weighted by atomic mass is 9.94. The fourth-order valence-corrected chi connectivity index (χ4v) is 5.77. The van der Waals surface area contributed by atoms with Crippen LogP contribution in [-0.2, 0) is 9.84 Å². The van der Waals surface area contributed by atoms with E-state index in [2.05, 4.69) is 5.32 Å². The second-order valence-electron chi connectivity index (χ2n) is 7.58. The van der Waals surface area contributed by atoms with Crippen molar-refractivity contribution < 1.29 is 18.3 Å². The Balaban J connectivity index is 2.05. The first-order valence-electron chi connectivity index (χ1n) is 9.36. The molecule has 1 aromatic rings. The predicted octanol–water partition coefficient (Wildman–Crippen LogP) is 3.50. The number of Topliss-reactive ketones (excluding diaryl/α,β-unsaturated/α-hetero) is 1. The van der Waals surface area contributed by atoms with Crippen molar-refractivity contribution in [1.29, 1.82) is 5.41 Å². The number of aliphatic hydroxyl groups is 1. The second-order valence-corrected chi connectivity index (χ2v) is 10.6. The summed E-state index contributed by atoms with van der Waals surface area (Å²) in [5, 5.41) is 21.1. The van der Waals surface area contributed by atoms with Gasteiger partial charge in [-0.15, -0.1) is 11.8 Å². The number of hydrogen-bond acceptors (Lipinski definition) is 7. The molecule has 1 aromatic carbocycles. The zero-order chi connectivity index (χ0) is 20.6. The predicted molar refractivity (Wildman–Crippen MR) is 111 cm³/mol. The van der Waals surface area contributed by atoms with Crippen LogP contribution in [0.5, 0.6) is 0 Å². The standard InChI is InChI=1S/C20H26N2O4S2/c1-11-14(18(23)16(20(24)22-2)17(21)13-6-7-13)8-9-15(28(3,25)26)19(11)27-10-12-4-5-12/h8-9,12-13,21-22,24H,4-7,10H2,1-3H3/b20-16-,21-17?. The van der Waals surface area contributed by atoms with E-state index < -0.39 is 15.6 Å². The average Bonchev–Trinajstić information content (AvgIpc) is 3.52. The zero-order valence-electron chi connectivity index (χ0n) is 16.3. The molecule has 0 aliphatic heterocycles. The van der Waals surface area contributed by atoms with Crippen molar-refractivity contribution in [1.82, 2.24) is 5.32 Å². The van der Waals surface area contributed by atoms with E-state index in [0.717, 1.165) is 31.4 Å². The van der Waals surface area contributed by atoms with Gasteiger partial charge in [0.05, 0.1) is 10.6 Å². The number of benzene rings is 1. The summed E-state index contributed by atoms with van der Waals surface area (Å²) in [7, 11) is -1.94. The molecule has 152 valence electrons. The van der Waals surface area contributed by atoms with Gasteiger partial charge in [-0.25, -0.2) is 8.42 Å². The van der Waals surface area contributed by atoms with E-state index in [4.69, 9.17) is 5.41 Å². The Morgan fingerprint density at radius 3 is 2.43 bits per heavy atom. The molecule has 2 saturated carbocycles. The minimum Gasteiger partial charge on any atom is -0.494 e. The Morgan fingerprint density at radius 2 is 1.93 bits per heavy atom. The molecule has 0 saturated heterocycles. The highest BCUT2D eigenvalue weighted by Gasteiger charge is 2.35. The molecule has 0 amide bonds. The molecule has 2 fully saturated rings. The highest BCUT2D eigenvalue weighted by molar-refractivity contribution is 8.00. The number of thioether (sulfide) groups is 1. The minimum atomic E-state index is -3.44. The van der Waals surface area contributed by atoms with E-state index in [-0.39, 0.29) is 28.0 Å². The summed E-state index contributed by atoms with van der Waals surface area (Å²) in [6, 6.07) is 2.97. The van der Waals surface area contributed by atoms with Crippen molar-refractivity contribution in [2.45, 2.75) is 42.4 Å². The fourth-order valence-electron chi connectivity index (χ4n) is 3.06. The highest BCUT2D eigenvalue weighted by atomic mass is 32.2. The summed E-state index contributed by atoms with van der Waals surface area (Å²) in [6.07, 6.45) is 5.15. The van der Waals surface area contributed by atoms with E-state index in [1.807, 2.05) is 0 Å². The summed E-state index contributed by atoms with van der Waals surface area (Å²) in [5.74, 6) is 0.649. The topological polar surface area (TPSA) is 107 Å². The normalized spacial score (nSPS) is 17.8. The molecule has 8 heteroatoms. The lowest BCUT2D eigenvalue weighted by molar-refractivity contribution is 0.103. The number of carbonyl (C=O) groups excluding carboxylic acids is 1. The van der Waals surface area contributed by atoms with Gasteiger partial charge in [0.2, 0.25) is 5.78 Å². The van der Waals surface area contributed by atoms with E-state index in [9.17, 15) is 18.3 Å². The first-order chi connectivity index (χ1) is 13.1. The third-order valence-corrected chi connectivity index (χ3v) is 7.85. The Hall–Kier alpha value is -1.80. The van der Waals surface area contributed by atoms with Gasteiger partial charge in [-0.05, 0) is 56.2 Å². The van der Waals surface area contributed by atoms with E-state index in [1.54, 1.807) is 6.92 Å². The third kappa shape index (κ3) is 4.43. The van der Waals surface area contributed by atoms with Crippen LogP contribution in [0, 0.1) is 24.2 Å². The van der Waals surface area contributed by atoms with Gasteiger partial charge >= 0.3 is 0 Å². The molecule has 0 radical (unpaired) electrons. The molecule has 0 heterocycles. The van der Waals surface area contributed by atoms with Crippen molar-refractivity contribution in [3.63, 3.8) is 0 Å². The Bertz CT molecular complexity index is 959. The maximum absolute atomic E-state index is 13.2. The summed E-state index contributed by atoms with van der Waals surface area (Å²) in [5.41, 5.74) is 1.02. The van der Waals surface area contributed by atoms with Gasteiger partial charge in [0, 0.05) is 35.4 Å². The smallest absolute Gasteiger partial charge is 0.200 e. The van der Waals surface area contributed by atoms with Gasteiger partial charge in [0.15, 0.2) is 15.7 Å². The summed E-state index contributed by atoms with van der Waals surface area (Å²) in [4.78, 5) is 14.1. The molecule has 2 aliphatic carbocycles. The van der Waals surface area contributed by atoms with Gasteiger partial charge in [-0.3, -0.25) is 4.79 Å². The fraction of sp³-hybridized carbons (Fsp3) is 0.500. The first kappa shape index (κ1) is 20.9. The maximum Gasteiger partial charge on any atom is 0.200 e. The monoisotopic (exact) mass is 422 g/mol. The molecule has 3 rings (SSSR count). The third-order valence-electron chi connectivity index (χ3n) is 5.13. The first-order valence-corrected chi connectivity index (χ1v) is 12.2. The minimum absolute atomic E-state index is 0.00578. The maximum atomic E-state index is 13.2. The highest BCUT2D eigenvalue weighted by Crippen LogP contribution is 2.40. The Kier molecular flexibility index (Phi) is 5.91. The van der Waals surface area contributed by atoms with Crippen LogP contribution in [0.25, 0.3) is 0 Å².